The van der Waals surface area contributed by atoms with Crippen LogP contribution in [-0.4, -0.2) is 35.7 Å². The smallest absolute Gasteiger partial charge is 0.224 e. The molecule has 3 aromatic rings. The molecule has 1 aliphatic heterocycles. The Bertz CT molecular complexity index is 1000. The molecule has 0 atom stereocenters. The normalized spacial score (nSPS) is 14.4. The first-order valence-electron chi connectivity index (χ1n) is 10.6. The number of ether oxygens (including phenoxy) is 2. The molecule has 31 heavy (non-hydrogen) atoms. The summed E-state index contributed by atoms with van der Waals surface area (Å²) in [4.78, 5) is 19.5. The van der Waals surface area contributed by atoms with Crippen molar-refractivity contribution in [3.63, 3.8) is 0 Å². The Labute approximate surface area is 186 Å². The van der Waals surface area contributed by atoms with Crippen LogP contribution in [-0.2, 0) is 16.0 Å². The molecule has 1 saturated heterocycles. The second-order valence-electron chi connectivity index (χ2n) is 7.68. The standard InChI is InChI=1S/C24H26ClN3O3/c25-20-13-17(5-6-21(20)28-24(29)14-18-7-10-30-11-8-18)9-12-31-23-4-2-1-3-19(23)22-15-26-16-27-22/h1-6,13,15-16,18H,7-12,14H2,(H,26,27)(H,28,29). The lowest BCUT2D eigenvalue weighted by Gasteiger charge is -2.21. The van der Waals surface area contributed by atoms with Crippen molar-refractivity contribution in [2.75, 3.05) is 25.1 Å². The van der Waals surface area contributed by atoms with E-state index < -0.39 is 0 Å². The number of aromatic amines is 1. The maximum Gasteiger partial charge on any atom is 0.224 e. The number of carbonyl (C=O) groups is 1. The lowest BCUT2D eigenvalue weighted by Crippen LogP contribution is -2.22. The van der Waals surface area contributed by atoms with Gasteiger partial charge in [0.15, 0.2) is 0 Å². The molecular weight excluding hydrogens is 414 g/mol. The molecule has 2 heterocycles. The first-order valence-corrected chi connectivity index (χ1v) is 10.9. The zero-order valence-electron chi connectivity index (χ0n) is 17.3. The van der Waals surface area contributed by atoms with Crippen LogP contribution < -0.4 is 10.1 Å². The molecule has 2 N–H and O–H groups in total. The number of anilines is 1. The van der Waals surface area contributed by atoms with Gasteiger partial charge < -0.3 is 19.8 Å². The zero-order valence-corrected chi connectivity index (χ0v) is 18.0. The van der Waals surface area contributed by atoms with Gasteiger partial charge in [0.05, 0.1) is 35.5 Å². The SMILES string of the molecule is O=C(CC1CCOCC1)Nc1ccc(CCOc2ccccc2-c2cnc[nH]2)cc1Cl. The molecule has 0 radical (unpaired) electrons. The summed E-state index contributed by atoms with van der Waals surface area (Å²) in [5.41, 5.74) is 3.58. The van der Waals surface area contributed by atoms with Crippen molar-refractivity contribution in [1.82, 2.24) is 9.97 Å². The van der Waals surface area contributed by atoms with Crippen LogP contribution in [0.3, 0.4) is 0 Å². The third-order valence-electron chi connectivity index (χ3n) is 5.45. The number of rotatable bonds is 8. The van der Waals surface area contributed by atoms with Crippen LogP contribution in [0.5, 0.6) is 5.75 Å². The lowest BCUT2D eigenvalue weighted by molar-refractivity contribution is -0.117. The van der Waals surface area contributed by atoms with Gasteiger partial charge in [0.2, 0.25) is 5.91 Å². The number of carbonyl (C=O) groups excluding carboxylic acids is 1. The van der Waals surface area contributed by atoms with Gasteiger partial charge in [-0.25, -0.2) is 4.98 Å². The van der Waals surface area contributed by atoms with E-state index >= 15 is 0 Å². The fourth-order valence-electron chi connectivity index (χ4n) is 3.73. The Morgan fingerprint density at radius 2 is 2.06 bits per heavy atom. The summed E-state index contributed by atoms with van der Waals surface area (Å²) in [7, 11) is 0. The number of nitrogens with one attached hydrogen (secondary N) is 2. The van der Waals surface area contributed by atoms with Crippen LogP contribution in [0.15, 0.2) is 55.0 Å². The van der Waals surface area contributed by atoms with Gasteiger partial charge in [-0.3, -0.25) is 4.79 Å². The van der Waals surface area contributed by atoms with Gasteiger partial charge in [-0.1, -0.05) is 29.8 Å². The van der Waals surface area contributed by atoms with Gasteiger partial charge in [0, 0.05) is 31.6 Å². The quantitative estimate of drug-likeness (QED) is 0.511. The van der Waals surface area contributed by atoms with E-state index in [9.17, 15) is 4.79 Å². The van der Waals surface area contributed by atoms with Gasteiger partial charge in [0.25, 0.3) is 0 Å². The summed E-state index contributed by atoms with van der Waals surface area (Å²) in [6, 6.07) is 13.6. The van der Waals surface area contributed by atoms with Gasteiger partial charge in [-0.15, -0.1) is 0 Å². The minimum Gasteiger partial charge on any atom is -0.493 e. The molecule has 0 bridgehead atoms. The minimum atomic E-state index is 0.000275. The van der Waals surface area contributed by atoms with E-state index in [1.165, 1.54) is 0 Å². The third-order valence-corrected chi connectivity index (χ3v) is 5.76. The van der Waals surface area contributed by atoms with Crippen LogP contribution in [0.4, 0.5) is 5.69 Å². The molecule has 0 saturated carbocycles. The highest BCUT2D eigenvalue weighted by molar-refractivity contribution is 6.33. The van der Waals surface area contributed by atoms with Crippen LogP contribution in [0, 0.1) is 5.92 Å². The highest BCUT2D eigenvalue weighted by Crippen LogP contribution is 2.29. The first-order chi connectivity index (χ1) is 15.2. The Morgan fingerprint density at radius 1 is 1.23 bits per heavy atom. The largest absolute Gasteiger partial charge is 0.493 e. The van der Waals surface area contributed by atoms with Crippen LogP contribution in [0.2, 0.25) is 5.02 Å². The van der Waals surface area contributed by atoms with E-state index in [2.05, 4.69) is 15.3 Å². The van der Waals surface area contributed by atoms with Gasteiger partial charge >= 0.3 is 0 Å². The number of para-hydroxylation sites is 1. The molecule has 1 amide bonds. The van der Waals surface area contributed by atoms with E-state index in [0.717, 1.165) is 48.6 Å². The number of benzene rings is 2. The van der Waals surface area contributed by atoms with Crippen molar-refractivity contribution in [3.05, 3.63) is 65.6 Å². The van der Waals surface area contributed by atoms with Crippen molar-refractivity contribution in [2.24, 2.45) is 5.92 Å². The average Bonchev–Trinajstić information content (AvgIpc) is 3.31. The first kappa shape index (κ1) is 21.4. The summed E-state index contributed by atoms with van der Waals surface area (Å²) in [6.45, 7) is 1.99. The van der Waals surface area contributed by atoms with Crippen molar-refractivity contribution < 1.29 is 14.3 Å². The number of imidazole rings is 1. The van der Waals surface area contributed by atoms with Crippen molar-refractivity contribution in [1.29, 1.82) is 0 Å². The molecule has 0 spiro atoms. The lowest BCUT2D eigenvalue weighted by atomic mass is 9.96. The Hall–Kier alpha value is -2.83. The number of hydrogen-bond acceptors (Lipinski definition) is 4. The minimum absolute atomic E-state index is 0.000275. The molecule has 1 fully saturated rings. The number of H-pyrrole nitrogens is 1. The summed E-state index contributed by atoms with van der Waals surface area (Å²) in [5.74, 6) is 1.18. The molecule has 0 aliphatic carbocycles. The van der Waals surface area contributed by atoms with E-state index in [1.807, 2.05) is 42.5 Å². The summed E-state index contributed by atoms with van der Waals surface area (Å²) in [6.07, 6.45) is 6.50. The van der Waals surface area contributed by atoms with Gasteiger partial charge in [-0.2, -0.15) is 0 Å². The predicted molar refractivity (Wildman–Crippen MR) is 121 cm³/mol. The fraction of sp³-hybridized carbons (Fsp3) is 0.333. The van der Waals surface area contributed by atoms with E-state index in [0.29, 0.717) is 36.1 Å². The average molecular weight is 440 g/mol. The van der Waals surface area contributed by atoms with Crippen molar-refractivity contribution >= 4 is 23.2 Å². The second kappa shape index (κ2) is 10.5. The van der Waals surface area contributed by atoms with Gasteiger partial charge in [0.1, 0.15) is 5.75 Å². The number of aromatic nitrogens is 2. The van der Waals surface area contributed by atoms with Crippen LogP contribution >= 0.6 is 11.6 Å². The molecule has 7 heteroatoms. The molecule has 2 aromatic carbocycles. The van der Waals surface area contributed by atoms with E-state index in [4.69, 9.17) is 21.1 Å². The summed E-state index contributed by atoms with van der Waals surface area (Å²) in [5, 5.41) is 3.48. The second-order valence-corrected chi connectivity index (χ2v) is 8.09. The summed E-state index contributed by atoms with van der Waals surface area (Å²) >= 11 is 6.42. The summed E-state index contributed by atoms with van der Waals surface area (Å²) < 4.78 is 11.4. The number of nitrogens with zero attached hydrogens (tertiary/aromatic N) is 1. The predicted octanol–water partition coefficient (Wildman–Crippen LogP) is 5.11. The molecule has 0 unspecified atom stereocenters. The molecule has 4 rings (SSSR count). The number of amides is 1. The van der Waals surface area contributed by atoms with Crippen molar-refractivity contribution in [3.8, 4) is 17.0 Å². The third kappa shape index (κ3) is 5.87. The number of hydrogen-bond donors (Lipinski definition) is 2. The Morgan fingerprint density at radius 3 is 2.84 bits per heavy atom. The highest BCUT2D eigenvalue weighted by Gasteiger charge is 2.18. The maximum atomic E-state index is 12.3. The fourth-order valence-corrected chi connectivity index (χ4v) is 3.98. The van der Waals surface area contributed by atoms with Gasteiger partial charge in [-0.05, 0) is 48.6 Å². The van der Waals surface area contributed by atoms with E-state index in [1.54, 1.807) is 12.5 Å². The van der Waals surface area contributed by atoms with Crippen molar-refractivity contribution in [2.45, 2.75) is 25.7 Å². The highest BCUT2D eigenvalue weighted by atomic mass is 35.5. The van der Waals surface area contributed by atoms with Crippen LogP contribution in [0.1, 0.15) is 24.8 Å². The molecular formula is C24H26ClN3O3. The molecule has 1 aliphatic rings. The monoisotopic (exact) mass is 439 g/mol. The maximum absolute atomic E-state index is 12.3. The molecule has 6 nitrogen and oxygen atoms in total. The molecule has 1 aromatic heterocycles. The van der Waals surface area contributed by atoms with E-state index in [-0.39, 0.29) is 5.91 Å². The Balaban J connectivity index is 1.30. The Kier molecular flexibility index (Phi) is 7.22. The zero-order chi connectivity index (χ0) is 21.5. The molecule has 162 valence electrons. The topological polar surface area (TPSA) is 76.2 Å². The van der Waals surface area contributed by atoms with Crippen LogP contribution in [0.25, 0.3) is 11.3 Å². The number of halogens is 1.